The molecule has 0 radical (unpaired) electrons. The summed E-state index contributed by atoms with van der Waals surface area (Å²) in [5.74, 6) is 0.596. The van der Waals surface area contributed by atoms with E-state index in [0.717, 1.165) is 31.4 Å². The molecule has 1 aromatic rings. The number of furan rings is 1. The molecule has 0 saturated heterocycles. The van der Waals surface area contributed by atoms with Crippen molar-refractivity contribution in [2.24, 2.45) is 0 Å². The second-order valence-electron chi connectivity index (χ2n) is 3.63. The van der Waals surface area contributed by atoms with E-state index in [9.17, 15) is 4.79 Å². The standard InChI is InChI=1S/C14H18O3/c1-16-14(15)11-7-5-3-2-4-6-9-13-10-8-12-17-13/h6-12H,2-5H2,1H3/b9-6-,11-7+. The zero-order valence-electron chi connectivity index (χ0n) is 10.1. The molecule has 0 aliphatic heterocycles. The summed E-state index contributed by atoms with van der Waals surface area (Å²) in [5, 5.41) is 0. The summed E-state index contributed by atoms with van der Waals surface area (Å²) < 4.78 is 9.66. The lowest BCUT2D eigenvalue weighted by atomic mass is 10.2. The summed E-state index contributed by atoms with van der Waals surface area (Å²) >= 11 is 0. The molecule has 0 unspecified atom stereocenters. The maximum absolute atomic E-state index is 10.7. The van der Waals surface area contributed by atoms with Crippen molar-refractivity contribution in [2.75, 3.05) is 7.11 Å². The molecule has 1 rings (SSSR count). The largest absolute Gasteiger partial charge is 0.466 e. The highest BCUT2D eigenvalue weighted by molar-refractivity contribution is 5.81. The Hall–Kier alpha value is -1.77. The van der Waals surface area contributed by atoms with Crippen LogP contribution in [0.2, 0.25) is 0 Å². The van der Waals surface area contributed by atoms with Crippen LogP contribution in [-0.2, 0) is 9.53 Å². The van der Waals surface area contributed by atoms with Gasteiger partial charge in [0.2, 0.25) is 0 Å². The predicted molar refractivity (Wildman–Crippen MR) is 67.4 cm³/mol. The van der Waals surface area contributed by atoms with E-state index in [4.69, 9.17) is 4.42 Å². The van der Waals surface area contributed by atoms with Crippen molar-refractivity contribution < 1.29 is 13.9 Å². The number of rotatable bonds is 7. The van der Waals surface area contributed by atoms with E-state index in [2.05, 4.69) is 10.8 Å². The molecule has 1 heterocycles. The fourth-order valence-corrected chi connectivity index (χ4v) is 1.36. The maximum atomic E-state index is 10.7. The Kier molecular flexibility index (Phi) is 6.56. The Labute approximate surface area is 102 Å². The van der Waals surface area contributed by atoms with Crippen molar-refractivity contribution in [2.45, 2.75) is 25.7 Å². The highest BCUT2D eigenvalue weighted by Gasteiger charge is 1.90. The summed E-state index contributed by atoms with van der Waals surface area (Å²) in [6.07, 6.45) is 13.2. The zero-order valence-corrected chi connectivity index (χ0v) is 10.1. The Morgan fingerprint density at radius 1 is 1.35 bits per heavy atom. The lowest BCUT2D eigenvalue weighted by molar-refractivity contribution is -0.134. The van der Waals surface area contributed by atoms with Crippen LogP contribution in [0.3, 0.4) is 0 Å². The quantitative estimate of drug-likeness (QED) is 0.411. The van der Waals surface area contributed by atoms with Gasteiger partial charge in [-0.3, -0.25) is 0 Å². The van der Waals surface area contributed by atoms with Crippen LogP contribution in [0, 0.1) is 0 Å². The lowest BCUT2D eigenvalue weighted by Crippen LogP contribution is -1.93. The minimum atomic E-state index is -0.289. The van der Waals surface area contributed by atoms with Gasteiger partial charge in [0.25, 0.3) is 0 Å². The molecule has 3 nitrogen and oxygen atoms in total. The average molecular weight is 234 g/mol. The van der Waals surface area contributed by atoms with Crippen molar-refractivity contribution >= 4 is 12.0 Å². The van der Waals surface area contributed by atoms with Gasteiger partial charge in [-0.15, -0.1) is 0 Å². The molecule has 0 aliphatic carbocycles. The summed E-state index contributed by atoms with van der Waals surface area (Å²) in [6, 6.07) is 3.80. The van der Waals surface area contributed by atoms with Crippen LogP contribution in [0.25, 0.3) is 6.08 Å². The van der Waals surface area contributed by atoms with E-state index >= 15 is 0 Å². The number of unbranched alkanes of at least 4 members (excludes halogenated alkanes) is 3. The van der Waals surface area contributed by atoms with E-state index in [1.165, 1.54) is 13.2 Å². The van der Waals surface area contributed by atoms with Crippen LogP contribution >= 0.6 is 0 Å². The number of carbonyl (C=O) groups excluding carboxylic acids is 1. The fraction of sp³-hybridized carbons (Fsp3) is 0.357. The monoisotopic (exact) mass is 234 g/mol. The second-order valence-corrected chi connectivity index (χ2v) is 3.63. The molecule has 0 amide bonds. The van der Waals surface area contributed by atoms with Crippen molar-refractivity contribution in [3.63, 3.8) is 0 Å². The third-order valence-electron chi connectivity index (χ3n) is 2.27. The molecule has 3 heteroatoms. The van der Waals surface area contributed by atoms with E-state index in [-0.39, 0.29) is 5.97 Å². The first kappa shape index (κ1) is 13.3. The highest BCUT2D eigenvalue weighted by atomic mass is 16.5. The van der Waals surface area contributed by atoms with Gasteiger partial charge >= 0.3 is 5.97 Å². The van der Waals surface area contributed by atoms with E-state index < -0.39 is 0 Å². The first-order valence-electron chi connectivity index (χ1n) is 5.77. The van der Waals surface area contributed by atoms with Gasteiger partial charge in [0.1, 0.15) is 5.76 Å². The number of carbonyl (C=O) groups is 1. The van der Waals surface area contributed by atoms with Gasteiger partial charge < -0.3 is 9.15 Å². The molecule has 0 fully saturated rings. The normalized spacial score (nSPS) is 11.4. The van der Waals surface area contributed by atoms with Crippen LogP contribution < -0.4 is 0 Å². The van der Waals surface area contributed by atoms with Gasteiger partial charge in [-0.05, 0) is 43.9 Å². The van der Waals surface area contributed by atoms with E-state index in [1.807, 2.05) is 24.3 Å². The zero-order chi connectivity index (χ0) is 12.3. The first-order valence-corrected chi connectivity index (χ1v) is 5.77. The van der Waals surface area contributed by atoms with Crippen LogP contribution in [-0.4, -0.2) is 13.1 Å². The van der Waals surface area contributed by atoms with Crippen molar-refractivity contribution in [3.05, 3.63) is 42.4 Å². The third-order valence-corrected chi connectivity index (χ3v) is 2.27. The minimum Gasteiger partial charge on any atom is -0.466 e. The van der Waals surface area contributed by atoms with Crippen LogP contribution in [0.1, 0.15) is 31.4 Å². The van der Waals surface area contributed by atoms with Crippen LogP contribution in [0.15, 0.2) is 41.0 Å². The number of esters is 1. The molecule has 0 aromatic carbocycles. The molecule has 0 N–H and O–H groups in total. The Balaban J connectivity index is 2.01. The molecule has 1 aromatic heterocycles. The Morgan fingerprint density at radius 3 is 2.76 bits per heavy atom. The summed E-state index contributed by atoms with van der Waals surface area (Å²) in [5.41, 5.74) is 0. The number of hydrogen-bond donors (Lipinski definition) is 0. The second kappa shape index (κ2) is 8.39. The molecule has 0 bridgehead atoms. The summed E-state index contributed by atoms with van der Waals surface area (Å²) in [7, 11) is 1.38. The SMILES string of the molecule is COC(=O)/C=C/CCCC/C=C\c1ccco1. The van der Waals surface area contributed by atoms with Gasteiger partial charge in [0.15, 0.2) is 0 Å². The third kappa shape index (κ3) is 6.40. The van der Waals surface area contributed by atoms with Crippen molar-refractivity contribution in [1.82, 2.24) is 0 Å². The Bertz CT molecular complexity index is 361. The van der Waals surface area contributed by atoms with Gasteiger partial charge in [0.05, 0.1) is 13.4 Å². The number of ether oxygens (including phenoxy) is 1. The number of methoxy groups -OCH3 is 1. The average Bonchev–Trinajstić information content (AvgIpc) is 2.85. The van der Waals surface area contributed by atoms with Gasteiger partial charge in [-0.1, -0.05) is 12.2 Å². The smallest absolute Gasteiger partial charge is 0.330 e. The molecule has 0 aliphatic rings. The summed E-state index contributed by atoms with van der Waals surface area (Å²) in [4.78, 5) is 10.7. The van der Waals surface area contributed by atoms with Crippen molar-refractivity contribution in [3.8, 4) is 0 Å². The Morgan fingerprint density at radius 2 is 2.12 bits per heavy atom. The van der Waals surface area contributed by atoms with Gasteiger partial charge in [-0.2, -0.15) is 0 Å². The topological polar surface area (TPSA) is 39.4 Å². The van der Waals surface area contributed by atoms with Gasteiger partial charge in [-0.25, -0.2) is 4.79 Å². The van der Waals surface area contributed by atoms with Crippen LogP contribution in [0.5, 0.6) is 0 Å². The molecular formula is C14H18O3. The van der Waals surface area contributed by atoms with E-state index in [0.29, 0.717) is 0 Å². The van der Waals surface area contributed by atoms with Gasteiger partial charge in [0, 0.05) is 6.08 Å². The fourth-order valence-electron chi connectivity index (χ4n) is 1.36. The molecule has 0 spiro atoms. The number of allylic oxidation sites excluding steroid dienone is 2. The molecule has 0 saturated carbocycles. The minimum absolute atomic E-state index is 0.289. The summed E-state index contributed by atoms with van der Waals surface area (Å²) in [6.45, 7) is 0. The molecule has 92 valence electrons. The first-order chi connectivity index (χ1) is 8.33. The molecule has 17 heavy (non-hydrogen) atoms. The molecular weight excluding hydrogens is 216 g/mol. The van der Waals surface area contributed by atoms with Crippen LogP contribution in [0.4, 0.5) is 0 Å². The van der Waals surface area contributed by atoms with E-state index in [1.54, 1.807) is 6.26 Å². The van der Waals surface area contributed by atoms with Crippen molar-refractivity contribution in [1.29, 1.82) is 0 Å². The predicted octanol–water partition coefficient (Wildman–Crippen LogP) is 3.58. The molecule has 0 atom stereocenters. The maximum Gasteiger partial charge on any atom is 0.330 e. The number of hydrogen-bond acceptors (Lipinski definition) is 3. The highest BCUT2D eigenvalue weighted by Crippen LogP contribution is 2.06. The lowest BCUT2D eigenvalue weighted by Gasteiger charge is -1.93.